The van der Waals surface area contributed by atoms with Crippen LogP contribution in [0.15, 0.2) is 36.5 Å². The molecule has 2 aromatic rings. The van der Waals surface area contributed by atoms with E-state index >= 15 is 0 Å². The Morgan fingerprint density at radius 1 is 1.43 bits per heavy atom. The van der Waals surface area contributed by atoms with Crippen LogP contribution in [0, 0.1) is 6.92 Å². The van der Waals surface area contributed by atoms with E-state index in [1.807, 2.05) is 25.1 Å². The van der Waals surface area contributed by atoms with E-state index in [-0.39, 0.29) is 5.91 Å². The highest BCUT2D eigenvalue weighted by Gasteiger charge is 2.32. The molecule has 2 N–H and O–H groups in total. The maximum atomic E-state index is 12.5. The zero-order chi connectivity index (χ0) is 16.4. The van der Waals surface area contributed by atoms with Gasteiger partial charge in [0.1, 0.15) is 6.04 Å². The van der Waals surface area contributed by atoms with Crippen LogP contribution in [0.2, 0.25) is 5.02 Å². The number of benzene rings is 1. The van der Waals surface area contributed by atoms with Gasteiger partial charge in [0.2, 0.25) is 0 Å². The number of likely N-dealkylation sites (tertiary alicyclic amines) is 1. The van der Waals surface area contributed by atoms with E-state index in [4.69, 9.17) is 11.6 Å². The number of aryl methyl sites for hydroxylation is 2. The summed E-state index contributed by atoms with van der Waals surface area (Å²) >= 11 is 6.02. The van der Waals surface area contributed by atoms with Crippen molar-refractivity contribution >= 4 is 23.2 Å². The van der Waals surface area contributed by atoms with Crippen molar-refractivity contribution in [3.63, 3.8) is 0 Å². The molecule has 2 atom stereocenters. The van der Waals surface area contributed by atoms with Crippen LogP contribution in [0.5, 0.6) is 0 Å². The van der Waals surface area contributed by atoms with Gasteiger partial charge in [-0.2, -0.15) is 0 Å². The van der Waals surface area contributed by atoms with Crippen molar-refractivity contribution in [3.8, 4) is 0 Å². The van der Waals surface area contributed by atoms with Crippen LogP contribution in [0.4, 0.5) is 5.69 Å². The van der Waals surface area contributed by atoms with Crippen LogP contribution < -0.4 is 10.2 Å². The number of carbonyl (C=O) groups excluding carboxylic acids is 1. The van der Waals surface area contributed by atoms with Gasteiger partial charge in [0.15, 0.2) is 6.54 Å². The molecule has 2 heterocycles. The van der Waals surface area contributed by atoms with Crippen molar-refractivity contribution in [1.29, 1.82) is 0 Å². The quantitative estimate of drug-likeness (QED) is 0.886. The van der Waals surface area contributed by atoms with Crippen molar-refractivity contribution in [2.45, 2.75) is 25.8 Å². The minimum absolute atomic E-state index is 0.0477. The molecular formula is C18H23ClN3O+. The topological polar surface area (TPSA) is 38.5 Å². The Morgan fingerprint density at radius 3 is 3.00 bits per heavy atom. The average Bonchev–Trinajstić information content (AvgIpc) is 3.11. The highest BCUT2D eigenvalue weighted by atomic mass is 35.5. The first-order valence-corrected chi connectivity index (χ1v) is 8.44. The van der Waals surface area contributed by atoms with Gasteiger partial charge in [-0.1, -0.05) is 17.7 Å². The number of carbonyl (C=O) groups is 1. The lowest BCUT2D eigenvalue weighted by molar-refractivity contribution is -0.910. The molecule has 1 aliphatic rings. The standard InChI is InChI=1S/C18H22ClN3O/c1-13-7-8-14(19)11-15(13)20-18(23)12-22-10-4-6-17(22)16-5-3-9-21(16)2/h3,5,7-9,11,17H,4,6,10,12H2,1-2H3,(H,20,23)/p+1/t17-/m1/s1. The van der Waals surface area contributed by atoms with Gasteiger partial charge in [-0.05, 0) is 36.8 Å². The number of nitrogens with zero attached hydrogens (tertiary/aromatic N) is 1. The Hall–Kier alpha value is -1.78. The molecule has 3 rings (SSSR count). The molecule has 4 nitrogen and oxygen atoms in total. The van der Waals surface area contributed by atoms with Crippen molar-refractivity contribution < 1.29 is 9.69 Å². The van der Waals surface area contributed by atoms with E-state index in [1.54, 1.807) is 0 Å². The minimum Gasteiger partial charge on any atom is -0.350 e. The fraction of sp³-hybridized carbons (Fsp3) is 0.389. The maximum Gasteiger partial charge on any atom is 0.279 e. The second-order valence-corrected chi connectivity index (χ2v) is 6.77. The van der Waals surface area contributed by atoms with E-state index in [1.165, 1.54) is 10.6 Å². The summed E-state index contributed by atoms with van der Waals surface area (Å²) in [5.74, 6) is 0.0477. The van der Waals surface area contributed by atoms with E-state index in [2.05, 4.69) is 35.3 Å². The van der Waals surface area contributed by atoms with Gasteiger partial charge in [-0.15, -0.1) is 0 Å². The molecule has 0 radical (unpaired) electrons. The molecule has 1 aromatic carbocycles. The third-order valence-electron chi connectivity index (χ3n) is 4.69. The highest BCUT2D eigenvalue weighted by Crippen LogP contribution is 2.21. The van der Waals surface area contributed by atoms with Crippen molar-refractivity contribution in [3.05, 3.63) is 52.8 Å². The first-order chi connectivity index (χ1) is 11.0. The normalized spacial score (nSPS) is 20.7. The molecule has 1 unspecified atom stereocenters. The van der Waals surface area contributed by atoms with Gasteiger partial charge >= 0.3 is 0 Å². The van der Waals surface area contributed by atoms with Gasteiger partial charge in [0.05, 0.1) is 12.2 Å². The Bertz CT molecular complexity index is 710. The molecule has 0 saturated carbocycles. The number of anilines is 1. The number of hydrogen-bond donors (Lipinski definition) is 2. The Labute approximate surface area is 142 Å². The number of quaternary nitrogens is 1. The third-order valence-corrected chi connectivity index (χ3v) is 4.92. The van der Waals surface area contributed by atoms with Gasteiger partial charge in [0, 0.05) is 36.8 Å². The lowest BCUT2D eigenvalue weighted by Crippen LogP contribution is -3.11. The molecule has 0 spiro atoms. The van der Waals surface area contributed by atoms with Crippen molar-refractivity contribution in [2.75, 3.05) is 18.4 Å². The highest BCUT2D eigenvalue weighted by molar-refractivity contribution is 6.31. The first-order valence-electron chi connectivity index (χ1n) is 8.06. The molecule has 1 saturated heterocycles. The van der Waals surface area contributed by atoms with Crippen molar-refractivity contribution in [1.82, 2.24) is 4.57 Å². The summed E-state index contributed by atoms with van der Waals surface area (Å²) in [6.45, 7) is 3.50. The van der Waals surface area contributed by atoms with Gasteiger partial charge in [-0.3, -0.25) is 4.79 Å². The van der Waals surface area contributed by atoms with Crippen LogP contribution >= 0.6 is 11.6 Å². The Balaban J connectivity index is 1.67. The van der Waals surface area contributed by atoms with Crippen LogP contribution in [0.25, 0.3) is 0 Å². The Kier molecular flexibility index (Phi) is 4.74. The van der Waals surface area contributed by atoms with E-state index in [0.29, 0.717) is 17.6 Å². The summed E-state index contributed by atoms with van der Waals surface area (Å²) in [7, 11) is 2.07. The predicted molar refractivity (Wildman–Crippen MR) is 92.9 cm³/mol. The van der Waals surface area contributed by atoms with Crippen LogP contribution in [0.3, 0.4) is 0 Å². The van der Waals surface area contributed by atoms with E-state index in [0.717, 1.165) is 30.6 Å². The molecule has 1 fully saturated rings. The fourth-order valence-corrected chi connectivity index (χ4v) is 3.62. The smallest absolute Gasteiger partial charge is 0.279 e. The van der Waals surface area contributed by atoms with Crippen molar-refractivity contribution in [2.24, 2.45) is 7.05 Å². The lowest BCUT2D eigenvalue weighted by Gasteiger charge is -2.22. The zero-order valence-corrected chi connectivity index (χ0v) is 14.4. The van der Waals surface area contributed by atoms with Crippen LogP contribution in [0.1, 0.15) is 30.1 Å². The van der Waals surface area contributed by atoms with E-state index < -0.39 is 0 Å². The molecule has 1 aliphatic heterocycles. The number of rotatable bonds is 4. The second kappa shape index (κ2) is 6.77. The number of amides is 1. The third kappa shape index (κ3) is 3.59. The summed E-state index contributed by atoms with van der Waals surface area (Å²) in [6.07, 6.45) is 4.37. The number of halogens is 1. The molecule has 1 aromatic heterocycles. The molecular weight excluding hydrogens is 310 g/mol. The first kappa shape index (κ1) is 16.1. The monoisotopic (exact) mass is 332 g/mol. The summed E-state index contributed by atoms with van der Waals surface area (Å²) in [4.78, 5) is 13.8. The molecule has 0 bridgehead atoms. The number of aromatic nitrogens is 1. The number of nitrogens with one attached hydrogen (secondary N) is 2. The van der Waals surface area contributed by atoms with Crippen LogP contribution in [-0.2, 0) is 11.8 Å². The second-order valence-electron chi connectivity index (χ2n) is 6.33. The molecule has 122 valence electrons. The maximum absolute atomic E-state index is 12.5. The number of hydrogen-bond acceptors (Lipinski definition) is 1. The molecule has 0 aliphatic carbocycles. The summed E-state index contributed by atoms with van der Waals surface area (Å²) in [5, 5.41) is 3.65. The summed E-state index contributed by atoms with van der Waals surface area (Å²) in [6, 6.07) is 10.2. The molecule has 23 heavy (non-hydrogen) atoms. The summed E-state index contributed by atoms with van der Waals surface area (Å²) in [5.41, 5.74) is 3.14. The molecule has 1 amide bonds. The van der Waals surface area contributed by atoms with E-state index in [9.17, 15) is 4.79 Å². The predicted octanol–water partition coefficient (Wildman–Crippen LogP) is 2.35. The lowest BCUT2D eigenvalue weighted by atomic mass is 10.1. The average molecular weight is 333 g/mol. The largest absolute Gasteiger partial charge is 0.350 e. The summed E-state index contributed by atoms with van der Waals surface area (Å²) < 4.78 is 2.16. The molecule has 5 heteroatoms. The SMILES string of the molecule is Cc1ccc(Cl)cc1NC(=O)C[NH+]1CCC[C@@H]1c1cccn1C. The Morgan fingerprint density at radius 2 is 2.26 bits per heavy atom. The van der Waals surface area contributed by atoms with Gasteiger partial charge in [0.25, 0.3) is 5.91 Å². The zero-order valence-electron chi connectivity index (χ0n) is 13.6. The van der Waals surface area contributed by atoms with Gasteiger partial charge in [-0.25, -0.2) is 0 Å². The van der Waals surface area contributed by atoms with Gasteiger partial charge < -0.3 is 14.8 Å². The minimum atomic E-state index is 0.0477. The van der Waals surface area contributed by atoms with Crippen LogP contribution in [-0.4, -0.2) is 23.6 Å². The fourth-order valence-electron chi connectivity index (χ4n) is 3.45.